The molecule has 1 amide bonds. The van der Waals surface area contributed by atoms with E-state index >= 15 is 0 Å². The molecule has 0 bridgehead atoms. The molecule has 3 aromatic rings. The number of halogens is 3. The first-order valence-electron chi connectivity index (χ1n) is 8.99. The Bertz CT molecular complexity index is 1160. The molecule has 0 unspecified atom stereocenters. The molecule has 3 aromatic heterocycles. The molecule has 1 aliphatic heterocycles. The van der Waals surface area contributed by atoms with Crippen LogP contribution in [0.25, 0.3) is 5.65 Å². The van der Waals surface area contributed by atoms with E-state index in [1.54, 1.807) is 6.92 Å². The van der Waals surface area contributed by atoms with Crippen molar-refractivity contribution in [2.45, 2.75) is 18.9 Å². The molecule has 164 valence electrons. The summed E-state index contributed by atoms with van der Waals surface area (Å²) < 4.78 is 61.2. The summed E-state index contributed by atoms with van der Waals surface area (Å²) in [5, 5.41) is 6.87. The van der Waals surface area contributed by atoms with Gasteiger partial charge < -0.3 is 14.8 Å². The van der Waals surface area contributed by atoms with Crippen LogP contribution in [0, 0.1) is 5.82 Å². The third-order valence-electron chi connectivity index (χ3n) is 4.25. The van der Waals surface area contributed by atoms with Crippen molar-refractivity contribution >= 4 is 22.4 Å². The number of carbonyl (C=O) groups excluding carboxylic acids is 1. The normalized spacial score (nSPS) is 20.5. The van der Waals surface area contributed by atoms with Crippen LogP contribution >= 0.6 is 0 Å². The summed E-state index contributed by atoms with van der Waals surface area (Å²) in [5.41, 5.74) is -0.211. The Morgan fingerprint density at radius 1 is 1.39 bits per heavy atom. The van der Waals surface area contributed by atoms with Gasteiger partial charge in [-0.15, -0.1) is 5.10 Å². The number of nitrogens with zero attached hydrogens (tertiary/aromatic N) is 4. The second kappa shape index (κ2) is 8.13. The maximum atomic E-state index is 13.4. The molecular weight excluding hydrogens is 439 g/mol. The average Bonchev–Trinajstić information content (AvgIpc) is 3.10. The Hall–Kier alpha value is -3.22. The van der Waals surface area contributed by atoms with Gasteiger partial charge in [0.1, 0.15) is 18.2 Å². The highest BCUT2D eigenvalue weighted by Crippen LogP contribution is 2.30. The summed E-state index contributed by atoms with van der Waals surface area (Å²) in [6.07, 6.45) is -0.509. The summed E-state index contributed by atoms with van der Waals surface area (Å²) in [6, 6.07) is 3.89. The van der Waals surface area contributed by atoms with E-state index in [9.17, 15) is 22.2 Å². The smallest absolute Gasteiger partial charge is 0.291 e. The molecule has 4 heterocycles. The average molecular weight is 455 g/mol. The van der Waals surface area contributed by atoms with Gasteiger partial charge in [-0.1, -0.05) is 0 Å². The molecule has 0 aromatic carbocycles. The molecule has 1 fully saturated rings. The van der Waals surface area contributed by atoms with E-state index in [4.69, 9.17) is 9.47 Å². The molecule has 0 atom stereocenters. The largest absolute Gasteiger partial charge is 0.482 e. The predicted octanol–water partition coefficient (Wildman–Crippen LogP) is 1.95. The van der Waals surface area contributed by atoms with Crippen LogP contribution in [-0.4, -0.2) is 59.8 Å². The number of amides is 1. The number of pyridine rings is 2. The molecule has 1 saturated heterocycles. The van der Waals surface area contributed by atoms with Crippen molar-refractivity contribution in [2.75, 3.05) is 18.1 Å². The Morgan fingerprint density at radius 2 is 2.16 bits per heavy atom. The first kappa shape index (κ1) is 21.0. The quantitative estimate of drug-likeness (QED) is 0.580. The lowest BCUT2D eigenvalue weighted by atomic mass is 10.1. The van der Waals surface area contributed by atoms with Gasteiger partial charge >= 0.3 is 0 Å². The summed E-state index contributed by atoms with van der Waals surface area (Å²) in [5.74, 6) is -0.967. The summed E-state index contributed by atoms with van der Waals surface area (Å²) in [4.78, 5) is 20.3. The third-order valence-corrected chi connectivity index (χ3v) is 6.16. The van der Waals surface area contributed by atoms with Crippen LogP contribution in [0.2, 0.25) is 0 Å². The van der Waals surface area contributed by atoms with Gasteiger partial charge in [-0.25, -0.2) is 27.7 Å². The van der Waals surface area contributed by atoms with Crippen LogP contribution in [0.15, 0.2) is 30.6 Å². The van der Waals surface area contributed by atoms with Crippen molar-refractivity contribution in [1.82, 2.24) is 24.9 Å². The van der Waals surface area contributed by atoms with Gasteiger partial charge in [0, 0.05) is 28.4 Å². The Balaban J connectivity index is 1.52. The molecule has 0 radical (unpaired) electrons. The Kier molecular flexibility index (Phi) is 5.52. The molecule has 1 N–H and O–H groups in total. The zero-order chi connectivity index (χ0) is 22.2. The molecule has 4 rings (SSSR count). The maximum absolute atomic E-state index is 13.4. The van der Waals surface area contributed by atoms with Crippen LogP contribution in [0.3, 0.4) is 0 Å². The number of hydrogen-bond acceptors (Lipinski definition) is 7. The van der Waals surface area contributed by atoms with Crippen molar-refractivity contribution in [2.24, 2.45) is 0 Å². The van der Waals surface area contributed by atoms with Crippen LogP contribution in [0.5, 0.6) is 17.4 Å². The summed E-state index contributed by atoms with van der Waals surface area (Å²) in [6.45, 7) is 0.839. The van der Waals surface area contributed by atoms with E-state index in [0.717, 1.165) is 12.3 Å². The second-order valence-corrected chi connectivity index (χ2v) is 8.56. The highest BCUT2D eigenvalue weighted by atomic mass is 32.2. The van der Waals surface area contributed by atoms with Crippen molar-refractivity contribution in [1.29, 1.82) is 0 Å². The molecular formula is C18H16F3N5O4S. The number of carbonyl (C=O) groups is 1. The number of hydrogen-bond donors (Lipinski definition) is 1. The van der Waals surface area contributed by atoms with E-state index in [-0.39, 0.29) is 23.2 Å². The zero-order valence-corrected chi connectivity index (χ0v) is 16.9. The summed E-state index contributed by atoms with van der Waals surface area (Å²) in [7, 11) is -0.938. The van der Waals surface area contributed by atoms with Gasteiger partial charge in [-0.2, -0.15) is 0 Å². The molecule has 0 aliphatic carbocycles. The minimum atomic E-state index is -2.76. The highest BCUT2D eigenvalue weighted by Gasteiger charge is 2.40. The second-order valence-electron chi connectivity index (χ2n) is 7.11. The fourth-order valence-electron chi connectivity index (χ4n) is 2.94. The molecule has 0 spiro atoms. The van der Waals surface area contributed by atoms with Crippen LogP contribution in [0.1, 0.15) is 17.5 Å². The van der Waals surface area contributed by atoms with Crippen LogP contribution in [0.4, 0.5) is 13.2 Å². The number of fused-ring (bicyclic) bond motifs is 1. The lowest BCUT2D eigenvalue weighted by molar-refractivity contribution is 0.0802. The van der Waals surface area contributed by atoms with Gasteiger partial charge in [0.05, 0.1) is 17.9 Å². The SMILES string of the molecule is CC1(NC(=O)c2nc3ccc(Oc4ncc(F)cc4OCC(F)F)cn3n2)CS(=O)C1. The fraction of sp³-hybridized carbons (Fsp3) is 0.333. The minimum Gasteiger partial charge on any atom is -0.482 e. The molecule has 1 aliphatic rings. The molecule has 9 nitrogen and oxygen atoms in total. The van der Waals surface area contributed by atoms with E-state index in [0.29, 0.717) is 17.2 Å². The Morgan fingerprint density at radius 3 is 2.87 bits per heavy atom. The summed E-state index contributed by atoms with van der Waals surface area (Å²) >= 11 is 0. The van der Waals surface area contributed by atoms with Gasteiger partial charge in [-0.05, 0) is 19.1 Å². The number of ether oxygens (including phenoxy) is 2. The molecule has 13 heteroatoms. The van der Waals surface area contributed by atoms with Gasteiger partial charge in [0.25, 0.3) is 18.2 Å². The van der Waals surface area contributed by atoms with Crippen molar-refractivity contribution in [3.05, 3.63) is 42.2 Å². The first-order valence-corrected chi connectivity index (χ1v) is 10.5. The number of nitrogens with one attached hydrogen (secondary N) is 1. The lowest BCUT2D eigenvalue weighted by Crippen LogP contribution is -2.61. The monoisotopic (exact) mass is 455 g/mol. The number of alkyl halides is 2. The van der Waals surface area contributed by atoms with E-state index in [1.807, 2.05) is 0 Å². The topological polar surface area (TPSA) is 108 Å². The van der Waals surface area contributed by atoms with Gasteiger partial charge in [0.15, 0.2) is 11.4 Å². The van der Waals surface area contributed by atoms with E-state index < -0.39 is 41.1 Å². The highest BCUT2D eigenvalue weighted by molar-refractivity contribution is 7.86. The van der Waals surface area contributed by atoms with Gasteiger partial charge in [-0.3, -0.25) is 9.00 Å². The van der Waals surface area contributed by atoms with Gasteiger partial charge in [0.2, 0.25) is 5.82 Å². The standard InChI is InChI=1S/C18H16F3N5O4S/c1-18(8-31(28)9-18)24-16(27)15-23-14-3-2-11(6-26(14)25-15)30-17-12(29-7-13(20)21)4-10(19)5-22-17/h2-6,13H,7-9H2,1H3,(H,24,27). The number of aromatic nitrogens is 4. The zero-order valence-electron chi connectivity index (χ0n) is 16.0. The Labute approximate surface area is 176 Å². The van der Waals surface area contributed by atoms with E-state index in [2.05, 4.69) is 20.4 Å². The molecule has 31 heavy (non-hydrogen) atoms. The van der Waals surface area contributed by atoms with Crippen LogP contribution in [-0.2, 0) is 10.8 Å². The predicted molar refractivity (Wildman–Crippen MR) is 103 cm³/mol. The van der Waals surface area contributed by atoms with E-state index in [1.165, 1.54) is 22.8 Å². The molecule has 0 saturated carbocycles. The van der Waals surface area contributed by atoms with Crippen molar-refractivity contribution < 1.29 is 31.6 Å². The third kappa shape index (κ3) is 4.76. The fourth-order valence-corrected chi connectivity index (χ4v) is 4.42. The number of rotatable bonds is 7. The van der Waals surface area contributed by atoms with Crippen molar-refractivity contribution in [3.63, 3.8) is 0 Å². The first-order chi connectivity index (χ1) is 14.7. The lowest BCUT2D eigenvalue weighted by Gasteiger charge is -2.37. The van der Waals surface area contributed by atoms with Crippen molar-refractivity contribution in [3.8, 4) is 17.4 Å². The van der Waals surface area contributed by atoms with Crippen LogP contribution < -0.4 is 14.8 Å². The maximum Gasteiger partial charge on any atom is 0.291 e. The minimum absolute atomic E-state index is 0.0862.